The molecule has 88 valence electrons. The van der Waals surface area contributed by atoms with Crippen molar-refractivity contribution in [3.63, 3.8) is 0 Å². The number of thiophene rings is 1. The maximum atomic E-state index is 12.9. The van der Waals surface area contributed by atoms with Gasteiger partial charge >= 0.3 is 0 Å². The number of halogens is 3. The van der Waals surface area contributed by atoms with E-state index >= 15 is 0 Å². The Bertz CT molecular complexity index is 575. The predicted molar refractivity (Wildman–Crippen MR) is 71.6 cm³/mol. The number of rotatable bonds is 2. The number of carbonyl (C=O) groups excluding carboxylic acids is 1. The molecule has 0 unspecified atom stereocenters. The summed E-state index contributed by atoms with van der Waals surface area (Å²) in [6.07, 6.45) is 0. The maximum absolute atomic E-state index is 12.9. The van der Waals surface area contributed by atoms with Crippen LogP contribution in [0.1, 0.15) is 20.8 Å². The van der Waals surface area contributed by atoms with Gasteiger partial charge in [0.15, 0.2) is 0 Å². The van der Waals surface area contributed by atoms with Gasteiger partial charge in [-0.25, -0.2) is 4.39 Å². The molecular weight excluding hydrogens is 327 g/mol. The molecule has 0 amide bonds. The Labute approximate surface area is 115 Å². The van der Waals surface area contributed by atoms with Crippen molar-refractivity contribution < 1.29 is 9.18 Å². The van der Waals surface area contributed by atoms with Gasteiger partial charge in [0.1, 0.15) is 5.82 Å². The zero-order valence-corrected chi connectivity index (χ0v) is 11.9. The van der Waals surface area contributed by atoms with E-state index in [0.29, 0.717) is 19.2 Å². The van der Waals surface area contributed by atoms with Crippen LogP contribution in [0.2, 0.25) is 4.34 Å². The Hall–Kier alpha value is -0.710. The Morgan fingerprint density at radius 1 is 1.41 bits per heavy atom. The summed E-state index contributed by atoms with van der Waals surface area (Å²) >= 11 is 10.3. The third-order valence-corrected chi connectivity index (χ3v) is 4.47. The topological polar surface area (TPSA) is 17.1 Å². The number of hydrogen-bond donors (Lipinski definition) is 0. The van der Waals surface area contributed by atoms with Crippen LogP contribution in [0.25, 0.3) is 0 Å². The fourth-order valence-electron chi connectivity index (χ4n) is 1.38. The van der Waals surface area contributed by atoms with Crippen molar-refractivity contribution in [3.05, 3.63) is 54.9 Å². The summed E-state index contributed by atoms with van der Waals surface area (Å²) in [5.74, 6) is -0.536. The number of ketones is 1. The van der Waals surface area contributed by atoms with Crippen LogP contribution in [0, 0.1) is 12.7 Å². The van der Waals surface area contributed by atoms with Gasteiger partial charge in [-0.05, 0) is 52.7 Å². The zero-order valence-electron chi connectivity index (χ0n) is 8.76. The molecule has 0 atom stereocenters. The molecule has 0 aliphatic rings. The minimum Gasteiger partial charge on any atom is -0.288 e. The average Bonchev–Trinajstić information content (AvgIpc) is 2.58. The maximum Gasteiger partial charge on any atom is 0.204 e. The van der Waals surface area contributed by atoms with Crippen molar-refractivity contribution in [1.82, 2.24) is 0 Å². The van der Waals surface area contributed by atoms with Crippen molar-refractivity contribution >= 4 is 44.7 Å². The van der Waals surface area contributed by atoms with E-state index < -0.39 is 0 Å². The summed E-state index contributed by atoms with van der Waals surface area (Å²) in [5.41, 5.74) is 1.31. The van der Waals surface area contributed by atoms with Crippen LogP contribution in [-0.4, -0.2) is 5.78 Å². The van der Waals surface area contributed by atoms with E-state index in [1.807, 2.05) is 6.92 Å². The Balaban J connectivity index is 2.43. The second-order valence-electron chi connectivity index (χ2n) is 3.52. The van der Waals surface area contributed by atoms with Crippen LogP contribution in [0.3, 0.4) is 0 Å². The van der Waals surface area contributed by atoms with Crippen molar-refractivity contribution in [2.24, 2.45) is 0 Å². The average molecular weight is 334 g/mol. The summed E-state index contributed by atoms with van der Waals surface area (Å²) in [6, 6.07) is 5.74. The van der Waals surface area contributed by atoms with Gasteiger partial charge in [0.05, 0.1) is 9.21 Å². The first kappa shape index (κ1) is 12.7. The van der Waals surface area contributed by atoms with Gasteiger partial charge in [-0.3, -0.25) is 4.79 Å². The molecule has 2 aromatic rings. The van der Waals surface area contributed by atoms with Crippen LogP contribution in [0.4, 0.5) is 4.39 Å². The summed E-state index contributed by atoms with van der Waals surface area (Å²) in [7, 11) is 0. The van der Waals surface area contributed by atoms with E-state index in [-0.39, 0.29) is 11.6 Å². The molecule has 1 heterocycles. The molecule has 17 heavy (non-hydrogen) atoms. The lowest BCUT2D eigenvalue weighted by Gasteiger charge is -2.01. The van der Waals surface area contributed by atoms with Crippen LogP contribution in [0.5, 0.6) is 0 Å². The van der Waals surface area contributed by atoms with Gasteiger partial charge in [0.2, 0.25) is 5.78 Å². The SMILES string of the molecule is Cc1cc(C(=O)c2ccc(F)cc2Br)sc1Cl. The van der Waals surface area contributed by atoms with Crippen molar-refractivity contribution in [1.29, 1.82) is 0 Å². The van der Waals surface area contributed by atoms with Crippen LogP contribution in [-0.2, 0) is 0 Å². The van der Waals surface area contributed by atoms with Gasteiger partial charge in [-0.1, -0.05) is 11.6 Å². The quantitative estimate of drug-likeness (QED) is 0.719. The highest BCUT2D eigenvalue weighted by Gasteiger charge is 2.16. The molecule has 0 radical (unpaired) electrons. The van der Waals surface area contributed by atoms with E-state index in [1.54, 1.807) is 6.07 Å². The number of benzene rings is 1. The minimum absolute atomic E-state index is 0.156. The Morgan fingerprint density at radius 3 is 2.65 bits per heavy atom. The summed E-state index contributed by atoms with van der Waals surface area (Å²) in [4.78, 5) is 12.7. The van der Waals surface area contributed by atoms with E-state index in [4.69, 9.17) is 11.6 Å². The normalized spacial score (nSPS) is 10.6. The molecular formula is C12H7BrClFOS. The van der Waals surface area contributed by atoms with Gasteiger partial charge in [0.25, 0.3) is 0 Å². The lowest BCUT2D eigenvalue weighted by Crippen LogP contribution is -2.00. The third-order valence-electron chi connectivity index (χ3n) is 2.26. The Kier molecular flexibility index (Phi) is 3.66. The van der Waals surface area contributed by atoms with Crippen molar-refractivity contribution in [2.75, 3.05) is 0 Å². The van der Waals surface area contributed by atoms with Gasteiger partial charge in [-0.15, -0.1) is 11.3 Å². The highest BCUT2D eigenvalue weighted by atomic mass is 79.9. The minimum atomic E-state index is -0.381. The molecule has 1 aromatic carbocycles. The van der Waals surface area contributed by atoms with Crippen LogP contribution >= 0.6 is 38.9 Å². The molecule has 0 fully saturated rings. The molecule has 0 aliphatic carbocycles. The summed E-state index contributed by atoms with van der Waals surface area (Å²) < 4.78 is 14.0. The lowest BCUT2D eigenvalue weighted by molar-refractivity contribution is 0.104. The molecule has 2 rings (SSSR count). The second-order valence-corrected chi connectivity index (χ2v) is 6.03. The zero-order chi connectivity index (χ0) is 12.6. The van der Waals surface area contributed by atoms with Crippen molar-refractivity contribution in [2.45, 2.75) is 6.92 Å². The molecule has 1 nitrogen and oxygen atoms in total. The Morgan fingerprint density at radius 2 is 2.12 bits per heavy atom. The molecule has 0 aliphatic heterocycles. The standard InChI is InChI=1S/C12H7BrClFOS/c1-6-4-10(17-12(6)14)11(16)8-3-2-7(15)5-9(8)13/h2-5H,1H3. The van der Waals surface area contributed by atoms with E-state index in [0.717, 1.165) is 5.56 Å². The molecule has 5 heteroatoms. The monoisotopic (exact) mass is 332 g/mol. The smallest absolute Gasteiger partial charge is 0.204 e. The molecule has 1 aromatic heterocycles. The fraction of sp³-hybridized carbons (Fsp3) is 0.0833. The first-order chi connectivity index (χ1) is 7.99. The predicted octanol–water partition coefficient (Wildman–Crippen LogP) is 4.84. The number of carbonyl (C=O) groups is 1. The first-order valence-electron chi connectivity index (χ1n) is 4.74. The summed E-state index contributed by atoms with van der Waals surface area (Å²) in [6.45, 7) is 1.84. The fourth-order valence-corrected chi connectivity index (χ4v) is 3.06. The van der Waals surface area contributed by atoms with Crippen LogP contribution in [0.15, 0.2) is 28.7 Å². The van der Waals surface area contributed by atoms with E-state index in [2.05, 4.69) is 15.9 Å². The number of hydrogen-bond acceptors (Lipinski definition) is 2. The third kappa shape index (κ3) is 2.59. The highest BCUT2D eigenvalue weighted by Crippen LogP contribution is 2.30. The van der Waals surface area contributed by atoms with Crippen LogP contribution < -0.4 is 0 Å². The largest absolute Gasteiger partial charge is 0.288 e. The molecule has 0 N–H and O–H groups in total. The first-order valence-corrected chi connectivity index (χ1v) is 6.73. The van der Waals surface area contributed by atoms with Gasteiger partial charge < -0.3 is 0 Å². The van der Waals surface area contributed by atoms with E-state index in [9.17, 15) is 9.18 Å². The highest BCUT2D eigenvalue weighted by molar-refractivity contribution is 9.10. The van der Waals surface area contributed by atoms with Gasteiger partial charge in [-0.2, -0.15) is 0 Å². The van der Waals surface area contributed by atoms with Gasteiger partial charge in [0, 0.05) is 10.0 Å². The van der Waals surface area contributed by atoms with Crippen molar-refractivity contribution in [3.8, 4) is 0 Å². The molecule has 0 spiro atoms. The van der Waals surface area contributed by atoms with E-state index in [1.165, 1.54) is 29.5 Å². The number of aryl methyl sites for hydroxylation is 1. The lowest BCUT2D eigenvalue weighted by atomic mass is 10.1. The molecule has 0 saturated heterocycles. The molecule has 0 bridgehead atoms. The molecule has 0 saturated carbocycles. The second kappa shape index (κ2) is 4.88. The summed E-state index contributed by atoms with van der Waals surface area (Å²) in [5, 5.41) is 0.